The van der Waals surface area contributed by atoms with Gasteiger partial charge in [0.05, 0.1) is 22.0 Å². The largest absolute Gasteiger partial charge is 0.352 e. The summed E-state index contributed by atoms with van der Waals surface area (Å²) in [6.45, 7) is 2.97. The minimum atomic E-state index is -3.94. The zero-order valence-corrected chi connectivity index (χ0v) is 24.1. The van der Waals surface area contributed by atoms with Crippen molar-refractivity contribution in [2.45, 2.75) is 38.9 Å². The third-order valence-electron chi connectivity index (χ3n) is 5.83. The summed E-state index contributed by atoms with van der Waals surface area (Å²) in [5.41, 5.74) is 1.53. The van der Waals surface area contributed by atoms with E-state index in [2.05, 4.69) is 5.32 Å². The lowest BCUT2D eigenvalue weighted by atomic mass is 10.0. The van der Waals surface area contributed by atoms with Gasteiger partial charge in [-0.3, -0.25) is 13.9 Å². The van der Waals surface area contributed by atoms with Crippen LogP contribution in [-0.4, -0.2) is 50.0 Å². The lowest BCUT2D eigenvalue weighted by Gasteiger charge is -2.34. The Bertz CT molecular complexity index is 1400. The summed E-state index contributed by atoms with van der Waals surface area (Å²) in [5, 5.41) is 3.48. The molecule has 0 radical (unpaired) electrons. The first kappa shape index (κ1) is 30.4. The van der Waals surface area contributed by atoms with Gasteiger partial charge in [0.2, 0.25) is 21.8 Å². The van der Waals surface area contributed by atoms with Gasteiger partial charge in [-0.15, -0.1) is 0 Å². The first-order valence-corrected chi connectivity index (χ1v) is 14.8. The lowest BCUT2D eigenvalue weighted by Crippen LogP contribution is -2.54. The zero-order chi connectivity index (χ0) is 28.7. The summed E-state index contributed by atoms with van der Waals surface area (Å²) in [5.74, 6) is -1.57. The van der Waals surface area contributed by atoms with Crippen molar-refractivity contribution in [3.8, 4) is 0 Å². The molecule has 3 aromatic carbocycles. The maximum atomic E-state index is 13.9. The standard InChI is InChI=1S/C28H30Cl2FN3O4S/c1-19(2)32-28(36)26(16-20-7-5-4-6-8-20)33(17-21-9-14-24(29)25(30)15-21)27(35)18-34(39(3,37)38)23-12-10-22(31)11-13-23/h4-15,19,26H,16-18H2,1-3H3,(H,32,36)/t26-/m0/s1. The smallest absolute Gasteiger partial charge is 0.244 e. The van der Waals surface area contributed by atoms with Crippen LogP contribution < -0.4 is 9.62 Å². The van der Waals surface area contributed by atoms with E-state index in [1.54, 1.807) is 18.2 Å². The molecule has 7 nitrogen and oxygen atoms in total. The molecule has 0 saturated heterocycles. The molecule has 3 rings (SSSR count). The van der Waals surface area contributed by atoms with Crippen LogP contribution in [-0.2, 0) is 32.6 Å². The van der Waals surface area contributed by atoms with Crippen molar-refractivity contribution in [1.29, 1.82) is 0 Å². The fourth-order valence-electron chi connectivity index (χ4n) is 3.99. The summed E-state index contributed by atoms with van der Waals surface area (Å²) in [6, 6.07) is 17.7. The van der Waals surface area contributed by atoms with Crippen molar-refractivity contribution < 1.29 is 22.4 Å². The van der Waals surface area contributed by atoms with Crippen molar-refractivity contribution in [2.24, 2.45) is 0 Å². The number of carbonyl (C=O) groups is 2. The van der Waals surface area contributed by atoms with Gasteiger partial charge >= 0.3 is 0 Å². The van der Waals surface area contributed by atoms with Gasteiger partial charge in [-0.05, 0) is 61.4 Å². The molecule has 0 fully saturated rings. The van der Waals surface area contributed by atoms with Crippen LogP contribution in [0.1, 0.15) is 25.0 Å². The first-order chi connectivity index (χ1) is 18.3. The second-order valence-corrected chi connectivity index (χ2v) is 12.1. The molecule has 0 unspecified atom stereocenters. The molecule has 3 aromatic rings. The van der Waals surface area contributed by atoms with E-state index in [9.17, 15) is 22.4 Å². The molecule has 39 heavy (non-hydrogen) atoms. The summed E-state index contributed by atoms with van der Waals surface area (Å²) < 4.78 is 39.8. The predicted molar refractivity (Wildman–Crippen MR) is 153 cm³/mol. The summed E-state index contributed by atoms with van der Waals surface area (Å²) in [7, 11) is -3.94. The molecule has 0 saturated carbocycles. The van der Waals surface area contributed by atoms with Crippen molar-refractivity contribution in [2.75, 3.05) is 17.1 Å². The molecule has 0 aromatic heterocycles. The van der Waals surface area contributed by atoms with Gasteiger partial charge in [0.25, 0.3) is 0 Å². The molecule has 0 spiro atoms. The predicted octanol–water partition coefficient (Wildman–Crippen LogP) is 5.06. The van der Waals surface area contributed by atoms with E-state index in [0.717, 1.165) is 28.3 Å². The average Bonchev–Trinajstić information content (AvgIpc) is 2.87. The first-order valence-electron chi connectivity index (χ1n) is 12.2. The van der Waals surface area contributed by atoms with Crippen LogP contribution in [0, 0.1) is 5.82 Å². The Morgan fingerprint density at radius 1 is 0.923 bits per heavy atom. The molecule has 0 aliphatic carbocycles. The monoisotopic (exact) mass is 593 g/mol. The Hall–Kier alpha value is -3.14. The highest BCUT2D eigenvalue weighted by Crippen LogP contribution is 2.25. The van der Waals surface area contributed by atoms with Gasteiger partial charge in [0.1, 0.15) is 18.4 Å². The summed E-state index contributed by atoms with van der Waals surface area (Å²) in [4.78, 5) is 28.7. The summed E-state index contributed by atoms with van der Waals surface area (Å²) >= 11 is 12.3. The van der Waals surface area contributed by atoms with Gasteiger partial charge in [0, 0.05) is 19.0 Å². The van der Waals surface area contributed by atoms with Gasteiger partial charge in [-0.25, -0.2) is 12.8 Å². The molecule has 1 N–H and O–H groups in total. The van der Waals surface area contributed by atoms with E-state index in [0.29, 0.717) is 10.6 Å². The van der Waals surface area contributed by atoms with Crippen molar-refractivity contribution in [3.05, 3.63) is 99.8 Å². The number of nitrogens with one attached hydrogen (secondary N) is 1. The molecule has 11 heteroatoms. The molecular weight excluding hydrogens is 564 g/mol. The van der Waals surface area contributed by atoms with E-state index in [-0.39, 0.29) is 29.7 Å². The van der Waals surface area contributed by atoms with E-state index in [1.807, 2.05) is 44.2 Å². The van der Waals surface area contributed by atoms with Crippen LogP contribution in [0.15, 0.2) is 72.8 Å². The van der Waals surface area contributed by atoms with E-state index < -0.39 is 40.2 Å². The van der Waals surface area contributed by atoms with Crippen molar-refractivity contribution >= 4 is 50.7 Å². The number of sulfonamides is 1. The SMILES string of the molecule is CC(C)NC(=O)[C@H](Cc1ccccc1)N(Cc1ccc(Cl)c(Cl)c1)C(=O)CN(c1ccc(F)cc1)S(C)(=O)=O. The highest BCUT2D eigenvalue weighted by atomic mass is 35.5. The lowest BCUT2D eigenvalue weighted by molar-refractivity contribution is -0.140. The fraction of sp³-hybridized carbons (Fsp3) is 0.286. The molecule has 2 amide bonds. The molecule has 0 heterocycles. The molecule has 1 atom stereocenters. The van der Waals surface area contributed by atoms with Crippen molar-refractivity contribution in [3.63, 3.8) is 0 Å². The van der Waals surface area contributed by atoms with Crippen LogP contribution in [0.5, 0.6) is 0 Å². The topological polar surface area (TPSA) is 86.8 Å². The number of nitrogens with zero attached hydrogens (tertiary/aromatic N) is 2. The maximum absolute atomic E-state index is 13.9. The highest BCUT2D eigenvalue weighted by molar-refractivity contribution is 7.92. The summed E-state index contributed by atoms with van der Waals surface area (Å²) in [6.07, 6.45) is 1.14. The number of rotatable bonds is 11. The number of benzene rings is 3. The normalized spacial score (nSPS) is 12.2. The maximum Gasteiger partial charge on any atom is 0.244 e. The number of anilines is 1. The minimum absolute atomic E-state index is 0.0419. The number of hydrogen-bond donors (Lipinski definition) is 1. The van der Waals surface area contributed by atoms with Crippen LogP contribution in [0.3, 0.4) is 0 Å². The Morgan fingerprint density at radius 3 is 2.13 bits per heavy atom. The van der Waals surface area contributed by atoms with Crippen LogP contribution in [0.2, 0.25) is 10.0 Å². The number of amides is 2. The quantitative estimate of drug-likeness (QED) is 0.336. The molecule has 0 bridgehead atoms. The molecular formula is C28H30Cl2FN3O4S. The Morgan fingerprint density at radius 2 is 1.56 bits per heavy atom. The zero-order valence-electron chi connectivity index (χ0n) is 21.8. The van der Waals surface area contributed by atoms with Crippen LogP contribution in [0.4, 0.5) is 10.1 Å². The van der Waals surface area contributed by atoms with E-state index in [1.165, 1.54) is 17.0 Å². The van der Waals surface area contributed by atoms with Gasteiger partial charge in [-0.1, -0.05) is 59.6 Å². The van der Waals surface area contributed by atoms with Gasteiger partial charge < -0.3 is 10.2 Å². The third-order valence-corrected chi connectivity index (χ3v) is 7.71. The number of halogens is 3. The minimum Gasteiger partial charge on any atom is -0.352 e. The van der Waals surface area contributed by atoms with Crippen LogP contribution in [0.25, 0.3) is 0 Å². The number of hydrogen-bond acceptors (Lipinski definition) is 4. The van der Waals surface area contributed by atoms with Crippen LogP contribution >= 0.6 is 23.2 Å². The molecule has 0 aliphatic rings. The van der Waals surface area contributed by atoms with E-state index >= 15 is 0 Å². The fourth-order valence-corrected chi connectivity index (χ4v) is 5.16. The van der Waals surface area contributed by atoms with Gasteiger partial charge in [-0.2, -0.15) is 0 Å². The number of carbonyl (C=O) groups excluding carboxylic acids is 2. The van der Waals surface area contributed by atoms with Crippen molar-refractivity contribution in [1.82, 2.24) is 10.2 Å². The Balaban J connectivity index is 2.06. The highest BCUT2D eigenvalue weighted by Gasteiger charge is 2.33. The second-order valence-electron chi connectivity index (χ2n) is 9.38. The van der Waals surface area contributed by atoms with Gasteiger partial charge in [0.15, 0.2) is 0 Å². The Kier molecular flexibility index (Phi) is 10.4. The third kappa shape index (κ3) is 8.68. The molecule has 208 valence electrons. The average molecular weight is 595 g/mol. The Labute approximate surface area is 238 Å². The second kappa shape index (κ2) is 13.3. The van der Waals surface area contributed by atoms with E-state index in [4.69, 9.17) is 23.2 Å². The molecule has 0 aliphatic heterocycles.